The summed E-state index contributed by atoms with van der Waals surface area (Å²) in [5, 5.41) is 3.92. The van der Waals surface area contributed by atoms with Gasteiger partial charge in [-0.3, -0.25) is 14.7 Å². The van der Waals surface area contributed by atoms with Gasteiger partial charge in [0.1, 0.15) is 5.82 Å². The lowest BCUT2D eigenvalue weighted by atomic mass is 9.97. The van der Waals surface area contributed by atoms with Gasteiger partial charge in [0.05, 0.1) is 36.2 Å². The van der Waals surface area contributed by atoms with Gasteiger partial charge in [-0.1, -0.05) is 0 Å². The van der Waals surface area contributed by atoms with Crippen molar-refractivity contribution < 1.29 is 9.53 Å². The second-order valence-corrected chi connectivity index (χ2v) is 7.48. The third kappa shape index (κ3) is 4.52. The number of nitrogens with zero attached hydrogens (tertiary/aromatic N) is 3. The van der Waals surface area contributed by atoms with Crippen LogP contribution >= 0.6 is 0 Å². The molecular weight excluding hydrogens is 394 g/mol. The number of nitrogens with one attached hydrogen (secondary N) is 2. The number of amides is 1. The molecule has 1 fully saturated rings. The van der Waals surface area contributed by atoms with Crippen molar-refractivity contribution in [3.63, 3.8) is 0 Å². The molecule has 2 aromatic heterocycles. The summed E-state index contributed by atoms with van der Waals surface area (Å²) in [6, 6.07) is 5.55. The van der Waals surface area contributed by atoms with Crippen molar-refractivity contribution in [2.45, 2.75) is 0 Å². The number of nitrogen functional groups attached to an aromatic ring is 2. The van der Waals surface area contributed by atoms with Gasteiger partial charge in [-0.2, -0.15) is 0 Å². The molecule has 162 valence electrons. The molecule has 1 aliphatic rings. The van der Waals surface area contributed by atoms with Crippen LogP contribution in [0.15, 0.2) is 35.6 Å². The Kier molecular flexibility index (Phi) is 6.15. The lowest BCUT2D eigenvalue weighted by Gasteiger charge is -2.26. The number of benzene rings is 1. The van der Waals surface area contributed by atoms with Gasteiger partial charge in [-0.05, 0) is 23.8 Å². The van der Waals surface area contributed by atoms with Gasteiger partial charge in [-0.15, -0.1) is 0 Å². The molecule has 31 heavy (non-hydrogen) atoms. The van der Waals surface area contributed by atoms with Gasteiger partial charge in [0.25, 0.3) is 5.91 Å². The maximum absolute atomic E-state index is 13.0. The monoisotopic (exact) mass is 421 g/mol. The first-order valence-electron chi connectivity index (χ1n) is 10.2. The highest BCUT2D eigenvalue weighted by Gasteiger charge is 2.17. The number of aliphatic imine (C=N–C) groups is 1. The average molecular weight is 422 g/mol. The Morgan fingerprint density at radius 1 is 1.32 bits per heavy atom. The highest BCUT2D eigenvalue weighted by atomic mass is 16.5. The van der Waals surface area contributed by atoms with Crippen LogP contribution in [0.25, 0.3) is 22.0 Å². The SMILES string of the molecule is CN=Cc1cc(-c2c[nH]c3cnc(N)cc23)cc(C(=O)NCCN2CCOCC2)c1N. The molecule has 1 saturated heterocycles. The predicted molar refractivity (Wildman–Crippen MR) is 123 cm³/mol. The number of pyridine rings is 1. The van der Waals surface area contributed by atoms with Crippen LogP contribution in [0.1, 0.15) is 15.9 Å². The maximum Gasteiger partial charge on any atom is 0.253 e. The smallest absolute Gasteiger partial charge is 0.253 e. The normalized spacial score (nSPS) is 15.0. The van der Waals surface area contributed by atoms with E-state index in [9.17, 15) is 4.79 Å². The summed E-state index contributed by atoms with van der Waals surface area (Å²) in [5.41, 5.74) is 16.3. The minimum atomic E-state index is -0.209. The van der Waals surface area contributed by atoms with Crippen LogP contribution in [0, 0.1) is 0 Å². The number of rotatable bonds is 6. The fourth-order valence-corrected chi connectivity index (χ4v) is 3.79. The molecule has 4 rings (SSSR count). The van der Waals surface area contributed by atoms with E-state index in [4.69, 9.17) is 16.2 Å². The van der Waals surface area contributed by atoms with Crippen LogP contribution in [0.2, 0.25) is 0 Å². The van der Waals surface area contributed by atoms with E-state index in [1.165, 1.54) is 0 Å². The predicted octanol–water partition coefficient (Wildman–Crippen LogP) is 1.51. The van der Waals surface area contributed by atoms with E-state index < -0.39 is 0 Å². The Morgan fingerprint density at radius 3 is 2.90 bits per heavy atom. The van der Waals surface area contributed by atoms with Crippen molar-refractivity contribution in [1.29, 1.82) is 0 Å². The number of H-pyrrole nitrogens is 1. The van der Waals surface area contributed by atoms with E-state index in [-0.39, 0.29) is 5.91 Å². The lowest BCUT2D eigenvalue weighted by molar-refractivity contribution is 0.0383. The number of morpholine rings is 1. The third-order valence-electron chi connectivity index (χ3n) is 5.44. The highest BCUT2D eigenvalue weighted by molar-refractivity contribution is 6.06. The zero-order chi connectivity index (χ0) is 21.8. The molecule has 0 saturated carbocycles. The average Bonchev–Trinajstić information content (AvgIpc) is 3.19. The molecule has 3 aromatic rings. The van der Waals surface area contributed by atoms with Crippen LogP contribution in [-0.2, 0) is 4.74 Å². The second-order valence-electron chi connectivity index (χ2n) is 7.48. The van der Waals surface area contributed by atoms with Gasteiger partial charge < -0.3 is 26.5 Å². The summed E-state index contributed by atoms with van der Waals surface area (Å²) in [7, 11) is 1.67. The van der Waals surface area contributed by atoms with E-state index in [1.807, 2.05) is 24.4 Å². The van der Waals surface area contributed by atoms with Crippen LogP contribution in [0.4, 0.5) is 11.5 Å². The Labute approximate surface area is 180 Å². The fourth-order valence-electron chi connectivity index (χ4n) is 3.79. The Balaban J connectivity index is 1.63. The van der Waals surface area contributed by atoms with E-state index in [0.29, 0.717) is 29.2 Å². The first-order valence-corrected chi connectivity index (χ1v) is 10.2. The van der Waals surface area contributed by atoms with Crippen molar-refractivity contribution in [3.8, 4) is 11.1 Å². The molecule has 9 heteroatoms. The summed E-state index contributed by atoms with van der Waals surface area (Å²) in [6.07, 6.45) is 5.23. The molecule has 1 aromatic carbocycles. The standard InChI is InChI=1S/C22H27N7O2/c1-25-11-15-8-14(18-12-27-19-13-28-20(23)10-16(18)19)9-17(21(15)24)22(30)26-2-3-29-4-6-31-7-5-29/h8-13,27H,2-7,24H2,1H3,(H2,23,28)(H,26,30). The molecule has 0 radical (unpaired) electrons. The number of hydrogen-bond donors (Lipinski definition) is 4. The number of ether oxygens (including phenoxy) is 1. The van der Waals surface area contributed by atoms with Crippen LogP contribution < -0.4 is 16.8 Å². The van der Waals surface area contributed by atoms with Crippen LogP contribution in [0.5, 0.6) is 0 Å². The number of aromatic nitrogens is 2. The zero-order valence-corrected chi connectivity index (χ0v) is 17.5. The molecule has 0 spiro atoms. The number of hydrogen-bond acceptors (Lipinski definition) is 7. The van der Waals surface area contributed by atoms with Crippen molar-refractivity contribution in [2.24, 2.45) is 4.99 Å². The first kappa shape index (κ1) is 20.8. The van der Waals surface area contributed by atoms with E-state index in [2.05, 4.69) is 25.2 Å². The van der Waals surface area contributed by atoms with Crippen molar-refractivity contribution in [3.05, 3.63) is 41.7 Å². The largest absolute Gasteiger partial charge is 0.398 e. The summed E-state index contributed by atoms with van der Waals surface area (Å²) in [5.74, 6) is 0.222. The number of fused-ring (bicyclic) bond motifs is 1. The maximum atomic E-state index is 13.0. The molecule has 1 aliphatic heterocycles. The summed E-state index contributed by atoms with van der Waals surface area (Å²) in [4.78, 5) is 26.7. The number of carbonyl (C=O) groups excluding carboxylic acids is 1. The van der Waals surface area contributed by atoms with Crippen LogP contribution in [0.3, 0.4) is 0 Å². The Hall–Kier alpha value is -3.43. The Bertz CT molecular complexity index is 1120. The van der Waals surface area contributed by atoms with Gasteiger partial charge in [0.15, 0.2) is 0 Å². The molecule has 0 bridgehead atoms. The quantitative estimate of drug-likeness (QED) is 0.352. The highest BCUT2D eigenvalue weighted by Crippen LogP contribution is 2.32. The van der Waals surface area contributed by atoms with E-state index >= 15 is 0 Å². The second kappa shape index (κ2) is 9.15. The van der Waals surface area contributed by atoms with Crippen molar-refractivity contribution in [2.75, 3.05) is 57.9 Å². The minimum absolute atomic E-state index is 0.209. The molecule has 0 aliphatic carbocycles. The summed E-state index contributed by atoms with van der Waals surface area (Å²) in [6.45, 7) is 4.52. The van der Waals surface area contributed by atoms with Crippen molar-refractivity contribution in [1.82, 2.24) is 20.2 Å². The minimum Gasteiger partial charge on any atom is -0.398 e. The molecular formula is C22H27N7O2. The number of aromatic amines is 1. The van der Waals surface area contributed by atoms with Gasteiger partial charge in [0.2, 0.25) is 0 Å². The third-order valence-corrected chi connectivity index (χ3v) is 5.44. The number of anilines is 2. The Morgan fingerprint density at radius 2 is 2.13 bits per heavy atom. The molecule has 0 atom stereocenters. The molecule has 6 N–H and O–H groups in total. The van der Waals surface area contributed by atoms with Crippen LogP contribution in [-0.4, -0.2) is 73.4 Å². The van der Waals surface area contributed by atoms with Crippen molar-refractivity contribution >= 4 is 34.5 Å². The first-order chi connectivity index (χ1) is 15.1. The summed E-state index contributed by atoms with van der Waals surface area (Å²) < 4.78 is 5.36. The lowest BCUT2D eigenvalue weighted by Crippen LogP contribution is -2.41. The van der Waals surface area contributed by atoms with Gasteiger partial charge in [0, 0.05) is 62.2 Å². The van der Waals surface area contributed by atoms with Gasteiger partial charge >= 0.3 is 0 Å². The van der Waals surface area contributed by atoms with E-state index in [1.54, 1.807) is 19.5 Å². The zero-order valence-electron chi connectivity index (χ0n) is 17.5. The number of carbonyl (C=O) groups is 1. The summed E-state index contributed by atoms with van der Waals surface area (Å²) >= 11 is 0. The molecule has 0 unspecified atom stereocenters. The fraction of sp³-hybridized carbons (Fsp3) is 0.318. The molecule has 3 heterocycles. The topological polar surface area (TPSA) is 135 Å². The number of nitrogens with two attached hydrogens (primary N) is 2. The molecule has 9 nitrogen and oxygen atoms in total. The van der Waals surface area contributed by atoms with Gasteiger partial charge in [-0.25, -0.2) is 4.98 Å². The molecule has 1 amide bonds. The van der Waals surface area contributed by atoms with E-state index in [0.717, 1.165) is 54.9 Å².